The molecule has 25 heavy (non-hydrogen) atoms. The predicted molar refractivity (Wildman–Crippen MR) is 93.0 cm³/mol. The Bertz CT molecular complexity index is 1050. The molecule has 0 saturated heterocycles. The summed E-state index contributed by atoms with van der Waals surface area (Å²) in [6.45, 7) is 1.95. The zero-order chi connectivity index (χ0) is 18.0. The molecule has 2 aromatic carbocycles. The first-order valence-corrected chi connectivity index (χ1v) is 8.96. The van der Waals surface area contributed by atoms with Gasteiger partial charge in [-0.15, -0.1) is 0 Å². The van der Waals surface area contributed by atoms with E-state index in [0.29, 0.717) is 11.4 Å². The second kappa shape index (κ2) is 6.52. The first-order chi connectivity index (χ1) is 11.9. The van der Waals surface area contributed by atoms with Crippen molar-refractivity contribution in [1.29, 1.82) is 0 Å². The summed E-state index contributed by atoms with van der Waals surface area (Å²) in [7, 11) is -2.54. The average Bonchev–Trinajstić information content (AvgIpc) is 2.63. The highest BCUT2D eigenvalue weighted by Gasteiger charge is 2.23. The zero-order valence-electron chi connectivity index (χ0n) is 13.7. The number of aryl methyl sites for hydroxylation is 1. The van der Waals surface area contributed by atoms with Gasteiger partial charge in [-0.3, -0.25) is 4.79 Å². The van der Waals surface area contributed by atoms with Crippen molar-refractivity contribution in [3.63, 3.8) is 0 Å². The SMILES string of the molecule is COc1ccc(S(=O)(=O)c2nn(-c3ccc(C)cc3)ccc2=O)cc1. The Balaban J connectivity index is 2.10. The van der Waals surface area contributed by atoms with Crippen molar-refractivity contribution in [1.82, 2.24) is 9.78 Å². The van der Waals surface area contributed by atoms with Crippen molar-refractivity contribution in [3.8, 4) is 11.4 Å². The smallest absolute Gasteiger partial charge is 0.229 e. The number of ether oxygens (including phenoxy) is 1. The lowest BCUT2D eigenvalue weighted by molar-refractivity contribution is 0.414. The highest BCUT2D eigenvalue weighted by Crippen LogP contribution is 2.20. The van der Waals surface area contributed by atoms with E-state index in [-0.39, 0.29) is 4.90 Å². The van der Waals surface area contributed by atoms with Crippen LogP contribution >= 0.6 is 0 Å². The zero-order valence-corrected chi connectivity index (χ0v) is 14.5. The maximum absolute atomic E-state index is 12.8. The number of aromatic nitrogens is 2. The van der Waals surface area contributed by atoms with Crippen LogP contribution in [0.15, 0.2) is 75.5 Å². The van der Waals surface area contributed by atoms with Crippen molar-refractivity contribution in [2.24, 2.45) is 0 Å². The molecule has 3 aromatic rings. The fourth-order valence-electron chi connectivity index (χ4n) is 2.28. The lowest BCUT2D eigenvalue weighted by atomic mass is 10.2. The fraction of sp³-hybridized carbons (Fsp3) is 0.111. The molecule has 7 heteroatoms. The molecule has 0 radical (unpaired) electrons. The van der Waals surface area contributed by atoms with E-state index in [9.17, 15) is 13.2 Å². The van der Waals surface area contributed by atoms with Crippen molar-refractivity contribution >= 4 is 9.84 Å². The molecule has 128 valence electrons. The van der Waals surface area contributed by atoms with Gasteiger partial charge in [-0.1, -0.05) is 17.7 Å². The maximum Gasteiger partial charge on any atom is 0.229 e. The average molecular weight is 356 g/mol. The predicted octanol–water partition coefficient (Wildman–Crippen LogP) is 2.38. The van der Waals surface area contributed by atoms with E-state index >= 15 is 0 Å². The number of rotatable bonds is 4. The highest BCUT2D eigenvalue weighted by atomic mass is 32.2. The van der Waals surface area contributed by atoms with Crippen LogP contribution in [0.1, 0.15) is 5.56 Å². The quantitative estimate of drug-likeness (QED) is 0.717. The van der Waals surface area contributed by atoms with E-state index in [0.717, 1.165) is 5.56 Å². The molecule has 6 nitrogen and oxygen atoms in total. The van der Waals surface area contributed by atoms with Gasteiger partial charge in [0.25, 0.3) is 0 Å². The molecule has 0 aliphatic heterocycles. The van der Waals surface area contributed by atoms with Gasteiger partial charge in [0, 0.05) is 12.3 Å². The summed E-state index contributed by atoms with van der Waals surface area (Å²) in [4.78, 5) is 12.1. The second-order valence-electron chi connectivity index (χ2n) is 5.44. The van der Waals surface area contributed by atoms with Gasteiger partial charge >= 0.3 is 0 Å². The Morgan fingerprint density at radius 2 is 1.60 bits per heavy atom. The lowest BCUT2D eigenvalue weighted by Crippen LogP contribution is -2.20. The molecular weight excluding hydrogens is 340 g/mol. The van der Waals surface area contributed by atoms with Crippen LogP contribution in [0.5, 0.6) is 5.75 Å². The van der Waals surface area contributed by atoms with Crippen LogP contribution in [-0.2, 0) is 9.84 Å². The molecule has 0 saturated carbocycles. The Morgan fingerprint density at radius 3 is 2.20 bits per heavy atom. The monoisotopic (exact) mass is 356 g/mol. The van der Waals surface area contributed by atoms with Crippen molar-refractivity contribution < 1.29 is 13.2 Å². The number of benzene rings is 2. The molecule has 0 N–H and O–H groups in total. The molecule has 3 rings (SSSR count). The molecule has 0 unspecified atom stereocenters. The molecule has 1 heterocycles. The summed E-state index contributed by atoms with van der Waals surface area (Å²) in [5.74, 6) is 0.525. The molecule has 0 bridgehead atoms. The summed E-state index contributed by atoms with van der Waals surface area (Å²) in [6.07, 6.45) is 1.44. The molecule has 0 atom stereocenters. The van der Waals surface area contributed by atoms with Gasteiger partial charge in [-0.25, -0.2) is 13.1 Å². The molecule has 0 amide bonds. The first kappa shape index (κ1) is 16.9. The summed E-state index contributed by atoms with van der Waals surface area (Å²) >= 11 is 0. The van der Waals surface area contributed by atoms with E-state index in [2.05, 4.69) is 5.10 Å². The fourth-order valence-corrected chi connectivity index (χ4v) is 3.53. The molecule has 0 aliphatic rings. The van der Waals surface area contributed by atoms with Crippen molar-refractivity contribution in [2.45, 2.75) is 16.8 Å². The normalized spacial score (nSPS) is 11.3. The number of hydrogen-bond donors (Lipinski definition) is 0. The van der Waals surface area contributed by atoms with E-state index in [4.69, 9.17) is 4.74 Å². The van der Waals surface area contributed by atoms with Crippen molar-refractivity contribution in [2.75, 3.05) is 7.11 Å². The Morgan fingerprint density at radius 1 is 0.960 bits per heavy atom. The van der Waals surface area contributed by atoms with Gasteiger partial charge in [0.05, 0.1) is 17.7 Å². The topological polar surface area (TPSA) is 78.3 Å². The number of methoxy groups -OCH3 is 1. The second-order valence-corrected chi connectivity index (χ2v) is 7.31. The van der Waals surface area contributed by atoms with Crippen LogP contribution in [0.4, 0.5) is 0 Å². The third-order valence-electron chi connectivity index (χ3n) is 3.70. The molecule has 0 fully saturated rings. The first-order valence-electron chi connectivity index (χ1n) is 7.48. The van der Waals surface area contributed by atoms with Gasteiger partial charge in [-0.2, -0.15) is 5.10 Å². The standard InChI is InChI=1S/C18H16N2O4S/c1-13-3-5-14(6-4-13)20-12-11-17(21)18(19-20)25(22,23)16-9-7-15(24-2)8-10-16/h3-12H,1-2H3. The Hall–Kier alpha value is -2.93. The summed E-state index contributed by atoms with van der Waals surface area (Å²) in [5.41, 5.74) is 1.08. The molecule has 1 aromatic heterocycles. The Labute approximate surface area is 145 Å². The lowest BCUT2D eigenvalue weighted by Gasteiger charge is -2.09. The molecule has 0 aliphatic carbocycles. The van der Waals surface area contributed by atoms with Crippen LogP contribution in [-0.4, -0.2) is 25.3 Å². The summed E-state index contributed by atoms with van der Waals surface area (Å²) in [6, 6.07) is 14.4. The van der Waals surface area contributed by atoms with E-state index in [1.807, 2.05) is 19.1 Å². The largest absolute Gasteiger partial charge is 0.497 e. The van der Waals surface area contributed by atoms with Gasteiger partial charge < -0.3 is 4.74 Å². The minimum atomic E-state index is -4.03. The highest BCUT2D eigenvalue weighted by molar-refractivity contribution is 7.91. The summed E-state index contributed by atoms with van der Waals surface area (Å²) in [5, 5.41) is 3.53. The Kier molecular flexibility index (Phi) is 4.41. The minimum Gasteiger partial charge on any atom is -0.497 e. The number of nitrogens with zero attached hydrogens (tertiary/aromatic N) is 2. The third-order valence-corrected chi connectivity index (χ3v) is 5.38. The molecule has 0 spiro atoms. The van der Waals surface area contributed by atoms with E-state index in [1.165, 1.54) is 48.3 Å². The van der Waals surface area contributed by atoms with Crippen LogP contribution in [0, 0.1) is 6.92 Å². The maximum atomic E-state index is 12.8. The third kappa shape index (κ3) is 3.32. The van der Waals surface area contributed by atoms with Crippen LogP contribution in [0.25, 0.3) is 5.69 Å². The van der Waals surface area contributed by atoms with E-state index < -0.39 is 20.3 Å². The van der Waals surface area contributed by atoms with E-state index in [1.54, 1.807) is 12.1 Å². The molecular formula is C18H16N2O4S. The van der Waals surface area contributed by atoms with Gasteiger partial charge in [-0.05, 0) is 43.3 Å². The van der Waals surface area contributed by atoms with Crippen LogP contribution in [0.3, 0.4) is 0 Å². The van der Waals surface area contributed by atoms with Crippen LogP contribution in [0.2, 0.25) is 0 Å². The van der Waals surface area contributed by atoms with Crippen molar-refractivity contribution in [3.05, 3.63) is 76.6 Å². The van der Waals surface area contributed by atoms with Crippen LogP contribution < -0.4 is 10.2 Å². The van der Waals surface area contributed by atoms with Gasteiger partial charge in [0.2, 0.25) is 20.3 Å². The minimum absolute atomic E-state index is 0.0143. The number of sulfone groups is 1. The summed E-state index contributed by atoms with van der Waals surface area (Å²) < 4.78 is 31.9. The van der Waals surface area contributed by atoms with Gasteiger partial charge in [0.15, 0.2) is 0 Å². The van der Waals surface area contributed by atoms with Gasteiger partial charge in [0.1, 0.15) is 5.75 Å². The number of hydrogen-bond acceptors (Lipinski definition) is 5.